The lowest BCUT2D eigenvalue weighted by atomic mass is 10.2. The number of unbranched alkanes of at least 4 members (excludes halogenated alkanes) is 3. The van der Waals surface area contributed by atoms with Crippen molar-refractivity contribution in [3.8, 4) is 0 Å². The zero-order valence-corrected chi connectivity index (χ0v) is 7.94. The Hall–Kier alpha value is -0.0431. The van der Waals surface area contributed by atoms with E-state index in [4.69, 9.17) is 0 Å². The van der Waals surface area contributed by atoms with E-state index < -0.39 is 0 Å². The first kappa shape index (κ1) is 8.96. The van der Waals surface area contributed by atoms with Gasteiger partial charge in [0, 0.05) is 9.52 Å². The molecule has 0 bridgehead atoms. The SMILES string of the molecule is C=C[SiH2]CCCCCC. The van der Waals surface area contributed by atoms with Crippen molar-refractivity contribution in [3.63, 3.8) is 0 Å². The molecule has 0 heterocycles. The smallest absolute Gasteiger partial charge is 0.0446 e. The number of hydrogen-bond donors (Lipinski definition) is 0. The second-order valence-corrected chi connectivity index (χ2v) is 4.35. The molecule has 0 aromatic carbocycles. The average molecular weight is 142 g/mol. The van der Waals surface area contributed by atoms with Crippen LogP contribution in [0.1, 0.15) is 32.6 Å². The van der Waals surface area contributed by atoms with Crippen molar-refractivity contribution in [2.45, 2.75) is 38.7 Å². The average Bonchev–Trinajstić information content (AvgIpc) is 1.89. The van der Waals surface area contributed by atoms with Gasteiger partial charge in [-0.05, 0) is 0 Å². The normalized spacial score (nSPS) is 10.8. The van der Waals surface area contributed by atoms with Crippen LogP contribution in [0, 0.1) is 0 Å². The molecule has 0 fully saturated rings. The van der Waals surface area contributed by atoms with Crippen LogP contribution >= 0.6 is 0 Å². The van der Waals surface area contributed by atoms with Crippen molar-refractivity contribution in [1.29, 1.82) is 0 Å². The van der Waals surface area contributed by atoms with E-state index in [1.165, 1.54) is 31.7 Å². The molecular weight excluding hydrogens is 124 g/mol. The zero-order valence-electron chi connectivity index (χ0n) is 6.53. The fraction of sp³-hybridized carbons (Fsp3) is 0.750. The van der Waals surface area contributed by atoms with Crippen LogP contribution in [0.3, 0.4) is 0 Å². The third-order valence-electron chi connectivity index (χ3n) is 1.51. The van der Waals surface area contributed by atoms with Gasteiger partial charge in [-0.15, -0.1) is 12.3 Å². The second-order valence-electron chi connectivity index (χ2n) is 2.49. The van der Waals surface area contributed by atoms with E-state index in [-0.39, 0.29) is 9.52 Å². The van der Waals surface area contributed by atoms with Gasteiger partial charge in [-0.1, -0.05) is 38.7 Å². The summed E-state index contributed by atoms with van der Waals surface area (Å²) < 4.78 is 0. The molecular formula is C8H18Si. The van der Waals surface area contributed by atoms with E-state index in [0.29, 0.717) is 0 Å². The summed E-state index contributed by atoms with van der Waals surface area (Å²) in [6, 6.07) is 1.48. The summed E-state index contributed by atoms with van der Waals surface area (Å²) in [7, 11) is 0.158. The predicted molar refractivity (Wildman–Crippen MR) is 47.7 cm³/mol. The summed E-state index contributed by atoms with van der Waals surface area (Å²) in [5.41, 5.74) is 2.14. The van der Waals surface area contributed by atoms with Crippen LogP contribution < -0.4 is 0 Å². The Kier molecular flexibility index (Phi) is 7.92. The highest BCUT2D eigenvalue weighted by Crippen LogP contribution is 2.01. The minimum Gasteiger partial charge on any atom is -0.109 e. The summed E-state index contributed by atoms with van der Waals surface area (Å²) in [5, 5.41) is 0. The third-order valence-corrected chi connectivity index (χ3v) is 2.83. The van der Waals surface area contributed by atoms with Gasteiger partial charge in [-0.25, -0.2) is 0 Å². The highest BCUT2D eigenvalue weighted by Gasteiger charge is 1.85. The second kappa shape index (κ2) is 7.96. The Labute approximate surface area is 61.2 Å². The van der Waals surface area contributed by atoms with E-state index >= 15 is 0 Å². The van der Waals surface area contributed by atoms with Crippen molar-refractivity contribution in [2.75, 3.05) is 0 Å². The molecule has 0 saturated carbocycles. The Balaban J connectivity index is 2.66. The van der Waals surface area contributed by atoms with Gasteiger partial charge in [0.25, 0.3) is 0 Å². The van der Waals surface area contributed by atoms with E-state index in [2.05, 4.69) is 19.2 Å². The largest absolute Gasteiger partial charge is 0.109 e. The summed E-state index contributed by atoms with van der Waals surface area (Å²) in [6.07, 6.45) is 5.67. The molecule has 0 saturated heterocycles. The molecule has 0 atom stereocenters. The fourth-order valence-corrected chi connectivity index (χ4v) is 1.82. The van der Waals surface area contributed by atoms with Gasteiger partial charge in [0.05, 0.1) is 0 Å². The van der Waals surface area contributed by atoms with Gasteiger partial charge in [-0.3, -0.25) is 0 Å². The maximum Gasteiger partial charge on any atom is 0.0446 e. The van der Waals surface area contributed by atoms with Crippen LogP contribution in [0.2, 0.25) is 6.04 Å². The van der Waals surface area contributed by atoms with Crippen molar-refractivity contribution >= 4 is 9.52 Å². The molecule has 0 N–H and O–H groups in total. The first-order valence-electron chi connectivity index (χ1n) is 4.02. The molecule has 1 heteroatoms. The van der Waals surface area contributed by atoms with Crippen LogP contribution in [0.25, 0.3) is 0 Å². The standard InChI is InChI=1S/C8H18Si/c1-3-5-6-7-8-9-4-2/h4H,2-3,5-9H2,1H3. The molecule has 0 aliphatic carbocycles. The number of hydrogen-bond acceptors (Lipinski definition) is 0. The van der Waals surface area contributed by atoms with Crippen LogP contribution in [0.4, 0.5) is 0 Å². The molecule has 0 rings (SSSR count). The quantitative estimate of drug-likeness (QED) is 0.394. The Morgan fingerprint density at radius 3 is 2.67 bits per heavy atom. The number of rotatable bonds is 6. The van der Waals surface area contributed by atoms with Crippen LogP contribution in [-0.2, 0) is 0 Å². The molecule has 0 unspecified atom stereocenters. The molecule has 0 aromatic heterocycles. The van der Waals surface area contributed by atoms with E-state index in [1.54, 1.807) is 0 Å². The molecule has 0 amide bonds. The third kappa shape index (κ3) is 7.96. The van der Waals surface area contributed by atoms with Crippen molar-refractivity contribution in [2.24, 2.45) is 0 Å². The monoisotopic (exact) mass is 142 g/mol. The Bertz CT molecular complexity index is 59.6. The van der Waals surface area contributed by atoms with Crippen LogP contribution in [0.15, 0.2) is 12.3 Å². The van der Waals surface area contributed by atoms with Gasteiger partial charge in [0.15, 0.2) is 0 Å². The lowest BCUT2D eigenvalue weighted by molar-refractivity contribution is 0.701. The fourth-order valence-electron chi connectivity index (χ4n) is 0.892. The lowest BCUT2D eigenvalue weighted by Gasteiger charge is -1.94. The van der Waals surface area contributed by atoms with Gasteiger partial charge >= 0.3 is 0 Å². The maximum atomic E-state index is 3.74. The van der Waals surface area contributed by atoms with E-state index in [9.17, 15) is 0 Å². The Morgan fingerprint density at radius 2 is 2.11 bits per heavy atom. The minimum absolute atomic E-state index is 0.158. The van der Waals surface area contributed by atoms with Gasteiger partial charge in [-0.2, -0.15) is 0 Å². The summed E-state index contributed by atoms with van der Waals surface area (Å²) in [6.45, 7) is 6.00. The highest BCUT2D eigenvalue weighted by atomic mass is 28.2. The van der Waals surface area contributed by atoms with Gasteiger partial charge in [0.2, 0.25) is 0 Å². The predicted octanol–water partition coefficient (Wildman–Crippen LogP) is 2.30. The molecule has 0 aliphatic rings. The van der Waals surface area contributed by atoms with Crippen molar-refractivity contribution in [3.05, 3.63) is 12.3 Å². The highest BCUT2D eigenvalue weighted by molar-refractivity contribution is 6.41. The molecule has 54 valence electrons. The van der Waals surface area contributed by atoms with Gasteiger partial charge in [0.1, 0.15) is 0 Å². The summed E-state index contributed by atoms with van der Waals surface area (Å²) in [5.74, 6) is 0. The van der Waals surface area contributed by atoms with E-state index in [1.807, 2.05) is 0 Å². The molecule has 0 nitrogen and oxygen atoms in total. The van der Waals surface area contributed by atoms with Crippen molar-refractivity contribution in [1.82, 2.24) is 0 Å². The first-order chi connectivity index (χ1) is 4.41. The molecule has 0 radical (unpaired) electrons. The molecule has 0 spiro atoms. The molecule has 0 aromatic rings. The Morgan fingerprint density at radius 1 is 1.33 bits per heavy atom. The van der Waals surface area contributed by atoms with Crippen LogP contribution in [0.5, 0.6) is 0 Å². The minimum atomic E-state index is 0.158. The van der Waals surface area contributed by atoms with Crippen molar-refractivity contribution < 1.29 is 0 Å². The molecule has 9 heavy (non-hydrogen) atoms. The van der Waals surface area contributed by atoms with Crippen LogP contribution in [-0.4, -0.2) is 9.52 Å². The summed E-state index contributed by atoms with van der Waals surface area (Å²) >= 11 is 0. The zero-order chi connectivity index (χ0) is 6.95. The maximum absolute atomic E-state index is 3.74. The first-order valence-corrected chi connectivity index (χ1v) is 5.84. The van der Waals surface area contributed by atoms with E-state index in [0.717, 1.165) is 0 Å². The summed E-state index contributed by atoms with van der Waals surface area (Å²) in [4.78, 5) is 0. The van der Waals surface area contributed by atoms with Gasteiger partial charge < -0.3 is 0 Å². The topological polar surface area (TPSA) is 0 Å². The molecule has 0 aliphatic heterocycles. The lowest BCUT2D eigenvalue weighted by Crippen LogP contribution is -1.82.